The Morgan fingerprint density at radius 2 is 1.61 bits per heavy atom. The van der Waals surface area contributed by atoms with Gasteiger partial charge >= 0.3 is 0 Å². The Balaban J connectivity index is 1.60. The lowest BCUT2D eigenvalue weighted by atomic mass is 10.00. The summed E-state index contributed by atoms with van der Waals surface area (Å²) >= 11 is 0. The molecule has 4 atom stereocenters. The van der Waals surface area contributed by atoms with E-state index in [4.69, 9.17) is 0 Å². The van der Waals surface area contributed by atoms with Crippen LogP contribution in [-0.4, -0.2) is 34.5 Å². The van der Waals surface area contributed by atoms with Gasteiger partial charge in [0.25, 0.3) is 0 Å². The average molecular weight is 251 g/mol. The molecule has 0 aromatic carbocycles. The largest absolute Gasteiger partial charge is 0.393 e. The van der Waals surface area contributed by atoms with Crippen molar-refractivity contribution in [2.24, 2.45) is 17.8 Å². The molecule has 2 saturated carbocycles. The summed E-state index contributed by atoms with van der Waals surface area (Å²) < 4.78 is 0. The van der Waals surface area contributed by atoms with Gasteiger partial charge in [0.2, 0.25) is 11.8 Å². The second-order valence-electron chi connectivity index (χ2n) is 6.02. The van der Waals surface area contributed by atoms with Crippen LogP contribution in [0.2, 0.25) is 0 Å². The van der Waals surface area contributed by atoms with Gasteiger partial charge < -0.3 is 5.11 Å². The van der Waals surface area contributed by atoms with Crippen molar-refractivity contribution >= 4 is 11.8 Å². The predicted molar refractivity (Wildman–Crippen MR) is 65.5 cm³/mol. The molecule has 100 valence electrons. The second kappa shape index (κ2) is 4.65. The molecule has 0 spiro atoms. The van der Waals surface area contributed by atoms with Crippen LogP contribution in [-0.2, 0) is 9.59 Å². The highest BCUT2D eigenvalue weighted by Gasteiger charge is 2.49. The number of nitrogens with zero attached hydrogens (tertiary/aromatic N) is 1. The molecule has 1 saturated heterocycles. The second-order valence-corrected chi connectivity index (χ2v) is 6.02. The zero-order chi connectivity index (χ0) is 12.7. The lowest BCUT2D eigenvalue weighted by Crippen LogP contribution is -2.34. The monoisotopic (exact) mass is 251 g/mol. The van der Waals surface area contributed by atoms with Crippen LogP contribution in [0.1, 0.15) is 44.9 Å². The number of carbonyl (C=O) groups is 2. The van der Waals surface area contributed by atoms with Crippen LogP contribution in [0.25, 0.3) is 0 Å². The van der Waals surface area contributed by atoms with Crippen LogP contribution in [0.3, 0.4) is 0 Å². The van der Waals surface area contributed by atoms with E-state index in [-0.39, 0.29) is 35.7 Å². The number of hydrogen-bond acceptors (Lipinski definition) is 3. The predicted octanol–water partition coefficient (Wildman–Crippen LogP) is 1.32. The van der Waals surface area contributed by atoms with Crippen molar-refractivity contribution in [2.45, 2.75) is 51.0 Å². The van der Waals surface area contributed by atoms with Gasteiger partial charge in [-0.1, -0.05) is 12.8 Å². The summed E-state index contributed by atoms with van der Waals surface area (Å²) in [7, 11) is 0. The Hall–Kier alpha value is -0.900. The normalized spacial score (nSPS) is 39.7. The highest BCUT2D eigenvalue weighted by Crippen LogP contribution is 2.40. The number of likely N-dealkylation sites (tertiary alicyclic amines) is 1. The quantitative estimate of drug-likeness (QED) is 0.770. The van der Waals surface area contributed by atoms with Crippen molar-refractivity contribution in [1.82, 2.24) is 4.90 Å². The van der Waals surface area contributed by atoms with Gasteiger partial charge in [0.15, 0.2) is 0 Å². The zero-order valence-electron chi connectivity index (χ0n) is 10.7. The summed E-state index contributed by atoms with van der Waals surface area (Å²) in [6.07, 6.45) is 6.31. The van der Waals surface area contributed by atoms with E-state index in [1.54, 1.807) is 0 Å². The van der Waals surface area contributed by atoms with E-state index in [9.17, 15) is 14.7 Å². The van der Waals surface area contributed by atoms with Crippen LogP contribution in [0.15, 0.2) is 0 Å². The summed E-state index contributed by atoms with van der Waals surface area (Å²) in [4.78, 5) is 25.7. The van der Waals surface area contributed by atoms with Crippen LogP contribution >= 0.6 is 0 Å². The third-order valence-electron chi connectivity index (χ3n) is 5.02. The third-order valence-corrected chi connectivity index (χ3v) is 5.02. The van der Waals surface area contributed by atoms with Crippen molar-refractivity contribution in [3.63, 3.8) is 0 Å². The highest BCUT2D eigenvalue weighted by atomic mass is 16.3. The molecule has 3 rings (SSSR count). The average Bonchev–Trinajstić information content (AvgIpc) is 3.01. The van der Waals surface area contributed by atoms with E-state index >= 15 is 0 Å². The molecule has 0 bridgehead atoms. The molecular weight excluding hydrogens is 230 g/mol. The van der Waals surface area contributed by atoms with Gasteiger partial charge in [0, 0.05) is 6.54 Å². The molecule has 1 N–H and O–H groups in total. The molecular formula is C14H21NO3. The summed E-state index contributed by atoms with van der Waals surface area (Å²) in [5, 5.41) is 9.77. The van der Waals surface area contributed by atoms with Gasteiger partial charge in [-0.15, -0.1) is 0 Å². The van der Waals surface area contributed by atoms with Gasteiger partial charge in [-0.25, -0.2) is 0 Å². The van der Waals surface area contributed by atoms with Crippen LogP contribution in [0.4, 0.5) is 0 Å². The van der Waals surface area contributed by atoms with Crippen LogP contribution in [0, 0.1) is 17.8 Å². The number of carbonyl (C=O) groups excluding carboxylic acids is 2. The van der Waals surface area contributed by atoms with E-state index in [2.05, 4.69) is 0 Å². The molecule has 3 aliphatic rings. The topological polar surface area (TPSA) is 57.6 Å². The van der Waals surface area contributed by atoms with E-state index in [1.165, 1.54) is 4.90 Å². The Kier molecular flexibility index (Phi) is 3.14. The molecule has 4 unspecified atom stereocenters. The molecule has 3 fully saturated rings. The van der Waals surface area contributed by atoms with E-state index in [1.807, 2.05) is 0 Å². The Bertz CT molecular complexity index is 346. The van der Waals surface area contributed by atoms with E-state index in [0.717, 1.165) is 44.9 Å². The van der Waals surface area contributed by atoms with Crippen molar-refractivity contribution in [3.8, 4) is 0 Å². The third kappa shape index (κ3) is 1.87. The number of hydrogen-bond donors (Lipinski definition) is 1. The van der Waals surface area contributed by atoms with Gasteiger partial charge in [0.1, 0.15) is 0 Å². The lowest BCUT2D eigenvalue weighted by molar-refractivity contribution is -0.140. The van der Waals surface area contributed by atoms with Crippen LogP contribution < -0.4 is 0 Å². The van der Waals surface area contributed by atoms with Gasteiger partial charge in [-0.05, 0) is 38.0 Å². The van der Waals surface area contributed by atoms with Crippen LogP contribution in [0.5, 0.6) is 0 Å². The van der Waals surface area contributed by atoms with Crippen molar-refractivity contribution in [1.29, 1.82) is 0 Å². The fourth-order valence-electron chi connectivity index (χ4n) is 3.93. The smallest absolute Gasteiger partial charge is 0.233 e. The molecule has 0 aromatic heterocycles. The molecule has 1 heterocycles. The first-order valence-corrected chi connectivity index (χ1v) is 7.22. The fourth-order valence-corrected chi connectivity index (χ4v) is 3.93. The number of rotatable bonds is 3. The fraction of sp³-hybridized carbons (Fsp3) is 0.857. The Morgan fingerprint density at radius 3 is 2.17 bits per heavy atom. The first-order chi connectivity index (χ1) is 8.68. The van der Waals surface area contributed by atoms with Gasteiger partial charge in [-0.3, -0.25) is 14.5 Å². The summed E-state index contributed by atoms with van der Waals surface area (Å²) in [5.74, 6) is 0.341. The van der Waals surface area contributed by atoms with E-state index < -0.39 is 0 Å². The number of fused-ring (bicyclic) bond motifs is 1. The molecule has 4 nitrogen and oxygen atoms in total. The summed E-state index contributed by atoms with van der Waals surface area (Å²) in [6.45, 7) is 0.520. The Labute approximate surface area is 107 Å². The number of amides is 2. The maximum atomic E-state index is 12.1. The zero-order valence-corrected chi connectivity index (χ0v) is 10.7. The Morgan fingerprint density at radius 1 is 1.00 bits per heavy atom. The standard InChI is InChI=1S/C14H21NO3/c16-12-6-1-3-9(12)7-8-15-13(17)10-4-2-5-11(10)14(15)18/h9-12,16H,1-8H2. The first kappa shape index (κ1) is 12.2. The number of imide groups is 1. The van der Waals surface area contributed by atoms with Crippen molar-refractivity contribution in [3.05, 3.63) is 0 Å². The molecule has 2 amide bonds. The summed E-state index contributed by atoms with van der Waals surface area (Å²) in [6, 6.07) is 0. The van der Waals surface area contributed by atoms with Crippen molar-refractivity contribution < 1.29 is 14.7 Å². The number of aliphatic hydroxyl groups is 1. The number of aliphatic hydroxyl groups excluding tert-OH is 1. The summed E-state index contributed by atoms with van der Waals surface area (Å²) in [5.41, 5.74) is 0. The van der Waals surface area contributed by atoms with Gasteiger partial charge in [0.05, 0.1) is 17.9 Å². The molecule has 1 aliphatic heterocycles. The minimum atomic E-state index is -0.225. The molecule has 18 heavy (non-hydrogen) atoms. The van der Waals surface area contributed by atoms with Crippen molar-refractivity contribution in [2.75, 3.05) is 6.54 Å². The molecule has 0 aromatic rings. The maximum absolute atomic E-state index is 12.1. The lowest BCUT2D eigenvalue weighted by Gasteiger charge is -2.20. The highest BCUT2D eigenvalue weighted by molar-refractivity contribution is 6.05. The minimum Gasteiger partial charge on any atom is -0.393 e. The maximum Gasteiger partial charge on any atom is 0.233 e. The van der Waals surface area contributed by atoms with Gasteiger partial charge in [-0.2, -0.15) is 0 Å². The minimum absolute atomic E-state index is 0.0222. The van der Waals surface area contributed by atoms with E-state index in [0.29, 0.717) is 6.54 Å². The first-order valence-electron chi connectivity index (χ1n) is 7.22. The SMILES string of the molecule is O=C1C2CCCC2C(=O)N1CCC1CCCC1O. The molecule has 2 aliphatic carbocycles. The molecule has 0 radical (unpaired) electrons. The molecule has 4 heteroatoms.